The Morgan fingerprint density at radius 3 is 2.16 bits per heavy atom. The maximum Gasteiger partial charge on any atom is 0.407 e. The van der Waals surface area contributed by atoms with Crippen LogP contribution in [-0.2, 0) is 14.3 Å². The van der Waals surface area contributed by atoms with Crippen molar-refractivity contribution < 1.29 is 24.2 Å². The van der Waals surface area contributed by atoms with Crippen LogP contribution in [0.15, 0.2) is 48.5 Å². The lowest BCUT2D eigenvalue weighted by molar-refractivity contribution is -0.137. The molecule has 7 nitrogen and oxygen atoms in total. The van der Waals surface area contributed by atoms with Crippen LogP contribution in [0, 0.1) is 5.41 Å². The van der Waals surface area contributed by atoms with E-state index in [1.807, 2.05) is 24.3 Å². The number of ether oxygens (including phenoxy) is 1. The van der Waals surface area contributed by atoms with E-state index in [9.17, 15) is 14.4 Å². The summed E-state index contributed by atoms with van der Waals surface area (Å²) in [6, 6.07) is 16.0. The zero-order chi connectivity index (χ0) is 23.3. The van der Waals surface area contributed by atoms with E-state index in [0.29, 0.717) is 6.42 Å². The SMILES string of the molecule is CC(CCC(=O)O)NC(=O)C(C)(C)CNC(=O)OCC1c2ccccc2-c2ccccc21. The van der Waals surface area contributed by atoms with Crippen LogP contribution in [0.3, 0.4) is 0 Å². The minimum Gasteiger partial charge on any atom is -0.481 e. The van der Waals surface area contributed by atoms with E-state index in [2.05, 4.69) is 34.9 Å². The maximum atomic E-state index is 12.5. The number of amides is 2. The quantitative estimate of drug-likeness (QED) is 0.550. The highest BCUT2D eigenvalue weighted by atomic mass is 16.5. The summed E-state index contributed by atoms with van der Waals surface area (Å²) in [6.45, 7) is 5.50. The second-order valence-electron chi connectivity index (χ2n) is 8.87. The van der Waals surface area contributed by atoms with Gasteiger partial charge in [0.05, 0.1) is 5.41 Å². The summed E-state index contributed by atoms with van der Waals surface area (Å²) < 4.78 is 5.51. The van der Waals surface area contributed by atoms with Gasteiger partial charge in [-0.3, -0.25) is 9.59 Å². The Bertz CT molecular complexity index is 956. The highest BCUT2D eigenvalue weighted by Gasteiger charge is 2.31. The topological polar surface area (TPSA) is 105 Å². The van der Waals surface area contributed by atoms with Gasteiger partial charge in [0.2, 0.25) is 5.91 Å². The summed E-state index contributed by atoms with van der Waals surface area (Å²) in [4.78, 5) is 35.6. The van der Waals surface area contributed by atoms with Crippen molar-refractivity contribution in [2.75, 3.05) is 13.2 Å². The van der Waals surface area contributed by atoms with Gasteiger partial charge in [0.1, 0.15) is 6.61 Å². The van der Waals surface area contributed by atoms with Gasteiger partial charge < -0.3 is 20.5 Å². The molecule has 0 spiro atoms. The average molecular weight is 439 g/mol. The molecule has 0 heterocycles. The fourth-order valence-electron chi connectivity index (χ4n) is 3.85. The number of carboxylic acid groups (broad SMARTS) is 1. The van der Waals surface area contributed by atoms with E-state index in [1.165, 1.54) is 0 Å². The number of hydrogen-bond donors (Lipinski definition) is 3. The lowest BCUT2D eigenvalue weighted by Crippen LogP contribution is -2.47. The molecule has 2 aromatic carbocycles. The number of aliphatic carboxylic acids is 1. The maximum absolute atomic E-state index is 12.5. The van der Waals surface area contributed by atoms with Crippen molar-refractivity contribution in [2.24, 2.45) is 5.41 Å². The molecule has 3 rings (SSSR count). The predicted octanol–water partition coefficient (Wildman–Crippen LogP) is 3.92. The average Bonchev–Trinajstić information content (AvgIpc) is 3.08. The van der Waals surface area contributed by atoms with Crippen molar-refractivity contribution in [3.63, 3.8) is 0 Å². The predicted molar refractivity (Wildman–Crippen MR) is 121 cm³/mol. The second kappa shape index (κ2) is 9.85. The van der Waals surface area contributed by atoms with Crippen molar-refractivity contribution >= 4 is 18.0 Å². The molecule has 2 aromatic rings. The number of carbonyl (C=O) groups excluding carboxylic acids is 2. The summed E-state index contributed by atoms with van der Waals surface area (Å²) in [5.41, 5.74) is 3.72. The van der Waals surface area contributed by atoms with Crippen LogP contribution in [0.4, 0.5) is 4.79 Å². The number of hydrogen-bond acceptors (Lipinski definition) is 4. The van der Waals surface area contributed by atoms with Crippen LogP contribution in [0.5, 0.6) is 0 Å². The molecule has 32 heavy (non-hydrogen) atoms. The van der Waals surface area contributed by atoms with Crippen molar-refractivity contribution in [3.05, 3.63) is 59.7 Å². The fourth-order valence-corrected chi connectivity index (χ4v) is 3.85. The van der Waals surface area contributed by atoms with Gasteiger partial charge in [0.15, 0.2) is 0 Å². The van der Waals surface area contributed by atoms with Crippen molar-refractivity contribution in [3.8, 4) is 11.1 Å². The minimum absolute atomic E-state index is 0.0140. The first-order valence-corrected chi connectivity index (χ1v) is 10.8. The highest BCUT2D eigenvalue weighted by Crippen LogP contribution is 2.44. The molecule has 0 radical (unpaired) electrons. The molecule has 1 unspecified atom stereocenters. The van der Waals surface area contributed by atoms with Crippen molar-refractivity contribution in [1.82, 2.24) is 10.6 Å². The zero-order valence-electron chi connectivity index (χ0n) is 18.7. The van der Waals surface area contributed by atoms with Gasteiger partial charge in [-0.25, -0.2) is 4.79 Å². The van der Waals surface area contributed by atoms with Crippen LogP contribution >= 0.6 is 0 Å². The molecular weight excluding hydrogens is 408 g/mol. The van der Waals surface area contributed by atoms with Gasteiger partial charge in [-0.15, -0.1) is 0 Å². The summed E-state index contributed by atoms with van der Waals surface area (Å²) in [5.74, 6) is -1.18. The molecule has 1 atom stereocenters. The van der Waals surface area contributed by atoms with Gasteiger partial charge in [-0.1, -0.05) is 48.5 Å². The van der Waals surface area contributed by atoms with Crippen LogP contribution in [-0.4, -0.2) is 42.3 Å². The monoisotopic (exact) mass is 438 g/mol. The smallest absolute Gasteiger partial charge is 0.407 e. The third-order valence-corrected chi connectivity index (χ3v) is 5.80. The Morgan fingerprint density at radius 2 is 1.59 bits per heavy atom. The summed E-state index contributed by atoms with van der Waals surface area (Å²) in [5, 5.41) is 14.3. The number of alkyl carbamates (subject to hydrolysis) is 1. The van der Waals surface area contributed by atoms with E-state index in [1.54, 1.807) is 20.8 Å². The molecule has 170 valence electrons. The van der Waals surface area contributed by atoms with Crippen LogP contribution in [0.2, 0.25) is 0 Å². The number of carboxylic acids is 1. The molecule has 0 saturated heterocycles. The molecule has 0 saturated carbocycles. The molecule has 7 heteroatoms. The number of benzene rings is 2. The molecule has 1 aliphatic rings. The van der Waals surface area contributed by atoms with E-state index >= 15 is 0 Å². The fraction of sp³-hybridized carbons (Fsp3) is 0.400. The first kappa shape index (κ1) is 23.3. The Morgan fingerprint density at radius 1 is 1.03 bits per heavy atom. The van der Waals surface area contributed by atoms with Gasteiger partial charge in [-0.05, 0) is 49.4 Å². The summed E-state index contributed by atoms with van der Waals surface area (Å²) >= 11 is 0. The van der Waals surface area contributed by atoms with Crippen molar-refractivity contribution in [2.45, 2.75) is 45.6 Å². The number of fused-ring (bicyclic) bond motifs is 3. The standard InChI is InChI=1S/C25H30N2O5/c1-16(12-13-22(28)29)27-23(30)25(2,3)15-26-24(31)32-14-21-19-10-6-4-8-17(19)18-9-5-7-11-20(18)21/h4-11,16,21H,12-15H2,1-3H3,(H,26,31)(H,27,30)(H,28,29). The summed E-state index contributed by atoms with van der Waals surface area (Å²) in [6.07, 6.45) is -0.247. The van der Waals surface area contributed by atoms with Gasteiger partial charge in [0, 0.05) is 24.9 Å². The molecule has 0 fully saturated rings. The van der Waals surface area contributed by atoms with E-state index < -0.39 is 17.5 Å². The molecule has 2 amide bonds. The third kappa shape index (κ3) is 5.46. The molecule has 0 aromatic heterocycles. The third-order valence-electron chi connectivity index (χ3n) is 5.80. The van der Waals surface area contributed by atoms with E-state index in [4.69, 9.17) is 9.84 Å². The van der Waals surface area contributed by atoms with E-state index in [0.717, 1.165) is 22.3 Å². The number of rotatable bonds is 9. The largest absolute Gasteiger partial charge is 0.481 e. The Balaban J connectivity index is 1.52. The lowest BCUT2D eigenvalue weighted by atomic mass is 9.91. The summed E-state index contributed by atoms with van der Waals surface area (Å²) in [7, 11) is 0. The molecule has 0 aliphatic heterocycles. The second-order valence-corrected chi connectivity index (χ2v) is 8.87. The van der Waals surface area contributed by atoms with Gasteiger partial charge >= 0.3 is 12.1 Å². The van der Waals surface area contributed by atoms with Crippen LogP contribution in [0.1, 0.15) is 50.7 Å². The number of carbonyl (C=O) groups is 3. The molecule has 0 bridgehead atoms. The first-order valence-electron chi connectivity index (χ1n) is 10.8. The van der Waals surface area contributed by atoms with Crippen molar-refractivity contribution in [1.29, 1.82) is 0 Å². The molecule has 3 N–H and O–H groups in total. The minimum atomic E-state index is -0.901. The normalized spacial score (nSPS) is 13.6. The van der Waals surface area contributed by atoms with Crippen LogP contribution < -0.4 is 10.6 Å². The Hall–Kier alpha value is -3.35. The van der Waals surface area contributed by atoms with E-state index in [-0.39, 0.29) is 37.4 Å². The first-order chi connectivity index (χ1) is 15.2. The van der Waals surface area contributed by atoms with Gasteiger partial charge in [-0.2, -0.15) is 0 Å². The molecule has 1 aliphatic carbocycles. The lowest BCUT2D eigenvalue weighted by Gasteiger charge is -2.26. The van der Waals surface area contributed by atoms with Gasteiger partial charge in [0.25, 0.3) is 0 Å². The zero-order valence-corrected chi connectivity index (χ0v) is 18.7. The van der Waals surface area contributed by atoms with Crippen LogP contribution in [0.25, 0.3) is 11.1 Å². The highest BCUT2D eigenvalue weighted by molar-refractivity contribution is 5.83. The Kier molecular flexibility index (Phi) is 7.18. The molecular formula is C25H30N2O5. The number of nitrogens with one attached hydrogen (secondary N) is 2. The Labute approximate surface area is 188 Å².